The molecule has 0 unspecified atom stereocenters. The molecule has 0 fully saturated rings. The summed E-state index contributed by atoms with van der Waals surface area (Å²) in [6.45, 7) is 17.4. The highest BCUT2D eigenvalue weighted by Crippen LogP contribution is 2.02. The van der Waals surface area contributed by atoms with Crippen molar-refractivity contribution in [2.75, 3.05) is 50.8 Å². The van der Waals surface area contributed by atoms with Crippen LogP contribution in [0.25, 0.3) is 0 Å². The van der Waals surface area contributed by atoms with Crippen LogP contribution in [0.1, 0.15) is 55.4 Å². The minimum Gasteiger partial charge on any atom is -0.350 e. The number of carbonyl (C=O) groups excluding carboxylic acids is 2. The Bertz CT molecular complexity index is 573. The molecule has 172 valence electrons. The maximum absolute atomic E-state index is 12.4. The van der Waals surface area contributed by atoms with Gasteiger partial charge in [0.1, 0.15) is 0 Å². The summed E-state index contributed by atoms with van der Waals surface area (Å²) >= 11 is 0. The van der Waals surface area contributed by atoms with E-state index >= 15 is 0 Å². The van der Waals surface area contributed by atoms with Crippen molar-refractivity contribution < 1.29 is 18.0 Å². The fourth-order valence-electron chi connectivity index (χ4n) is 2.66. The fourth-order valence-corrected chi connectivity index (χ4v) is 3.93. The van der Waals surface area contributed by atoms with Gasteiger partial charge in [-0.15, -0.1) is 0 Å². The summed E-state index contributed by atoms with van der Waals surface area (Å²) in [5.41, 5.74) is -0.628. The van der Waals surface area contributed by atoms with Gasteiger partial charge in [0.05, 0.1) is 24.6 Å². The van der Waals surface area contributed by atoms with Crippen LogP contribution < -0.4 is 10.6 Å². The minimum atomic E-state index is -3.28. The lowest BCUT2D eigenvalue weighted by molar-refractivity contribution is -0.124. The maximum atomic E-state index is 12.4. The molecule has 0 radical (unpaired) electrons. The van der Waals surface area contributed by atoms with Crippen molar-refractivity contribution in [3.8, 4) is 0 Å². The highest BCUT2D eigenvalue weighted by molar-refractivity contribution is 7.91. The van der Waals surface area contributed by atoms with E-state index < -0.39 is 9.84 Å². The predicted molar refractivity (Wildman–Crippen MR) is 119 cm³/mol. The van der Waals surface area contributed by atoms with E-state index in [-0.39, 0.29) is 47.5 Å². The number of nitrogens with one attached hydrogen (secondary N) is 2. The lowest BCUT2D eigenvalue weighted by Crippen LogP contribution is -2.47. The van der Waals surface area contributed by atoms with E-state index in [4.69, 9.17) is 0 Å². The monoisotopic (exact) mass is 434 g/mol. The molecule has 0 bridgehead atoms. The molecule has 8 nitrogen and oxygen atoms in total. The second-order valence-corrected chi connectivity index (χ2v) is 11.8. The van der Waals surface area contributed by atoms with Crippen LogP contribution in [-0.2, 0) is 19.4 Å². The molecule has 0 heterocycles. The Morgan fingerprint density at radius 2 is 1.03 bits per heavy atom. The van der Waals surface area contributed by atoms with Crippen LogP contribution >= 0.6 is 0 Å². The number of sulfone groups is 1. The molecular weight excluding hydrogens is 392 g/mol. The molecule has 29 heavy (non-hydrogen) atoms. The van der Waals surface area contributed by atoms with Gasteiger partial charge in [-0.25, -0.2) is 8.42 Å². The summed E-state index contributed by atoms with van der Waals surface area (Å²) in [4.78, 5) is 27.8. The van der Waals surface area contributed by atoms with Crippen molar-refractivity contribution in [1.82, 2.24) is 20.4 Å². The van der Waals surface area contributed by atoms with Gasteiger partial charge in [-0.2, -0.15) is 0 Å². The summed E-state index contributed by atoms with van der Waals surface area (Å²) in [5.74, 6) is -0.234. The highest BCUT2D eigenvalue weighted by atomic mass is 32.2. The average molecular weight is 435 g/mol. The molecular formula is C20H42N4O4S. The number of hydrogen-bond donors (Lipinski definition) is 2. The van der Waals surface area contributed by atoms with Crippen LogP contribution in [0.15, 0.2) is 0 Å². The molecule has 2 N–H and O–H groups in total. The Morgan fingerprint density at radius 1 is 0.724 bits per heavy atom. The topological polar surface area (TPSA) is 98.8 Å². The Hall–Kier alpha value is -1.19. The molecule has 0 saturated carbocycles. The van der Waals surface area contributed by atoms with Gasteiger partial charge in [0, 0.05) is 24.2 Å². The third-order valence-corrected chi connectivity index (χ3v) is 5.70. The van der Waals surface area contributed by atoms with Gasteiger partial charge < -0.3 is 10.6 Å². The number of amides is 2. The van der Waals surface area contributed by atoms with E-state index in [2.05, 4.69) is 10.6 Å². The first-order chi connectivity index (χ1) is 13.1. The molecule has 0 aromatic heterocycles. The van der Waals surface area contributed by atoms with Crippen molar-refractivity contribution in [2.45, 2.75) is 66.5 Å². The number of carbonyl (C=O) groups is 2. The van der Waals surface area contributed by atoms with Gasteiger partial charge in [0.25, 0.3) is 0 Å². The Labute approximate surface area is 177 Å². The van der Waals surface area contributed by atoms with Crippen LogP contribution in [0.5, 0.6) is 0 Å². The zero-order valence-electron chi connectivity index (χ0n) is 19.6. The zero-order chi connectivity index (χ0) is 22.9. The Balaban J connectivity index is 4.54. The molecule has 0 atom stereocenters. The first kappa shape index (κ1) is 27.8. The fraction of sp³-hybridized carbons (Fsp3) is 0.900. The highest BCUT2D eigenvalue weighted by Gasteiger charge is 2.20. The number of rotatable bonds is 12. The summed E-state index contributed by atoms with van der Waals surface area (Å²) in [7, 11) is -3.28. The Morgan fingerprint density at radius 3 is 1.28 bits per heavy atom. The van der Waals surface area contributed by atoms with Crippen LogP contribution in [0.3, 0.4) is 0 Å². The largest absolute Gasteiger partial charge is 0.350 e. The Kier molecular flexibility index (Phi) is 11.4. The lowest BCUT2D eigenvalue weighted by Gasteiger charge is -2.25. The standard InChI is InChI=1S/C20H42N4O4S/c1-9-23(15-17(25)21-19(3,4)5)11-13-29(27,28)14-12-24(10-2)16-18(26)22-20(6,7)8/h9-16H2,1-8H3,(H,21,25)(H,22,26). The van der Waals surface area contributed by atoms with E-state index in [0.717, 1.165) is 0 Å². The van der Waals surface area contributed by atoms with Crippen LogP contribution in [0.4, 0.5) is 0 Å². The summed E-state index contributed by atoms with van der Waals surface area (Å²) in [6, 6.07) is 0. The van der Waals surface area contributed by atoms with Crippen LogP contribution in [0.2, 0.25) is 0 Å². The second-order valence-electron chi connectivity index (χ2n) is 9.49. The van der Waals surface area contributed by atoms with Crippen molar-refractivity contribution >= 4 is 21.7 Å². The SMILES string of the molecule is CCN(CCS(=O)(=O)CCN(CC)CC(=O)NC(C)(C)C)CC(=O)NC(C)(C)C. The van der Waals surface area contributed by atoms with E-state index in [9.17, 15) is 18.0 Å². The molecule has 2 amide bonds. The first-order valence-electron chi connectivity index (χ1n) is 10.3. The van der Waals surface area contributed by atoms with Crippen molar-refractivity contribution in [1.29, 1.82) is 0 Å². The molecule has 0 aliphatic rings. The summed E-state index contributed by atoms with van der Waals surface area (Å²) < 4.78 is 24.9. The normalized spacial score (nSPS) is 13.0. The molecule has 0 saturated heterocycles. The quantitative estimate of drug-likeness (QED) is 0.473. The van der Waals surface area contributed by atoms with E-state index in [1.807, 2.05) is 65.2 Å². The van der Waals surface area contributed by atoms with Gasteiger partial charge in [-0.05, 0) is 54.6 Å². The molecule has 0 aliphatic carbocycles. The number of likely N-dealkylation sites (N-methyl/N-ethyl adjacent to an activating group) is 2. The number of hydrogen-bond acceptors (Lipinski definition) is 6. The third kappa shape index (κ3) is 15.3. The second kappa shape index (κ2) is 11.9. The molecule has 0 aliphatic heterocycles. The summed E-state index contributed by atoms with van der Waals surface area (Å²) in [6.07, 6.45) is 0. The molecule has 0 rings (SSSR count). The minimum absolute atomic E-state index is 0.00458. The van der Waals surface area contributed by atoms with Gasteiger partial charge in [0.2, 0.25) is 11.8 Å². The molecule has 0 spiro atoms. The first-order valence-corrected chi connectivity index (χ1v) is 12.2. The molecule has 0 aromatic rings. The number of nitrogens with zero attached hydrogens (tertiary/aromatic N) is 2. The smallest absolute Gasteiger partial charge is 0.234 e. The van der Waals surface area contributed by atoms with Gasteiger partial charge in [-0.1, -0.05) is 13.8 Å². The summed E-state index contributed by atoms with van der Waals surface area (Å²) in [5, 5.41) is 5.78. The van der Waals surface area contributed by atoms with E-state index in [1.54, 1.807) is 0 Å². The third-order valence-electron chi connectivity index (χ3n) is 4.09. The lowest BCUT2D eigenvalue weighted by atomic mass is 10.1. The van der Waals surface area contributed by atoms with Crippen molar-refractivity contribution in [2.24, 2.45) is 0 Å². The van der Waals surface area contributed by atoms with Gasteiger partial charge in [-0.3, -0.25) is 19.4 Å². The average Bonchev–Trinajstić information content (AvgIpc) is 2.51. The van der Waals surface area contributed by atoms with E-state index in [1.165, 1.54) is 0 Å². The van der Waals surface area contributed by atoms with Crippen molar-refractivity contribution in [3.05, 3.63) is 0 Å². The van der Waals surface area contributed by atoms with Crippen LogP contribution in [0, 0.1) is 0 Å². The molecule has 9 heteroatoms. The zero-order valence-corrected chi connectivity index (χ0v) is 20.4. The van der Waals surface area contributed by atoms with Crippen LogP contribution in [-0.4, -0.2) is 91.9 Å². The molecule has 0 aromatic carbocycles. The van der Waals surface area contributed by atoms with Gasteiger partial charge in [0.15, 0.2) is 9.84 Å². The predicted octanol–water partition coefficient (Wildman–Crippen LogP) is 0.874. The van der Waals surface area contributed by atoms with E-state index in [0.29, 0.717) is 26.2 Å². The maximum Gasteiger partial charge on any atom is 0.234 e. The van der Waals surface area contributed by atoms with Gasteiger partial charge >= 0.3 is 0 Å². The van der Waals surface area contributed by atoms with Crippen molar-refractivity contribution in [3.63, 3.8) is 0 Å².